The van der Waals surface area contributed by atoms with Crippen molar-refractivity contribution in [2.75, 3.05) is 17.2 Å². The van der Waals surface area contributed by atoms with Gasteiger partial charge in [0.15, 0.2) is 0 Å². The predicted octanol–water partition coefficient (Wildman–Crippen LogP) is 2.01. The third kappa shape index (κ3) is 1.82. The van der Waals surface area contributed by atoms with Crippen LogP contribution in [0.25, 0.3) is 11.0 Å². The van der Waals surface area contributed by atoms with Gasteiger partial charge in [-0.25, -0.2) is 4.98 Å². The number of benzene rings is 1. The summed E-state index contributed by atoms with van der Waals surface area (Å²) in [5, 5.41) is 0. The Bertz CT molecular complexity index is 610. The highest BCUT2D eigenvalue weighted by atomic mass is 32.2. The smallest absolute Gasteiger partial charge is 0.201 e. The largest absolute Gasteiger partial charge is 0.369 e. The molecule has 1 aromatic heterocycles. The van der Waals surface area contributed by atoms with Crippen molar-refractivity contribution >= 4 is 27.8 Å². The maximum absolute atomic E-state index is 11.4. The lowest BCUT2D eigenvalue weighted by atomic mass is 10.1. The van der Waals surface area contributed by atoms with Crippen molar-refractivity contribution in [3.05, 3.63) is 23.8 Å². The van der Waals surface area contributed by atoms with Crippen LogP contribution in [-0.2, 0) is 10.8 Å². The van der Waals surface area contributed by atoms with E-state index in [1.54, 1.807) is 0 Å². The Morgan fingerprint density at radius 1 is 1.39 bits per heavy atom. The van der Waals surface area contributed by atoms with E-state index in [9.17, 15) is 4.21 Å². The summed E-state index contributed by atoms with van der Waals surface area (Å²) in [6.45, 7) is 2.05. The van der Waals surface area contributed by atoms with Crippen LogP contribution in [0.1, 0.15) is 24.4 Å². The minimum Gasteiger partial charge on any atom is -0.369 e. The molecule has 1 saturated heterocycles. The Labute approximate surface area is 109 Å². The van der Waals surface area contributed by atoms with Gasteiger partial charge in [-0.3, -0.25) is 4.21 Å². The van der Waals surface area contributed by atoms with Gasteiger partial charge in [-0.05, 0) is 31.4 Å². The fourth-order valence-corrected chi connectivity index (χ4v) is 3.97. The molecule has 0 atom stereocenters. The number of nitrogen functional groups attached to an aromatic ring is 1. The topological polar surface area (TPSA) is 60.9 Å². The summed E-state index contributed by atoms with van der Waals surface area (Å²) < 4.78 is 13.6. The Hall–Kier alpha value is -1.36. The molecular formula is C13H17N3OS. The first-order valence-corrected chi connectivity index (χ1v) is 7.73. The first kappa shape index (κ1) is 11.7. The number of para-hydroxylation sites is 1. The summed E-state index contributed by atoms with van der Waals surface area (Å²) in [7, 11) is -0.642. The highest BCUT2D eigenvalue weighted by Gasteiger charge is 2.23. The molecule has 3 rings (SSSR count). The lowest BCUT2D eigenvalue weighted by Crippen LogP contribution is -2.22. The predicted molar refractivity (Wildman–Crippen MR) is 75.0 cm³/mol. The third-order valence-corrected chi connectivity index (χ3v) is 5.05. The van der Waals surface area contributed by atoms with E-state index in [4.69, 9.17) is 5.73 Å². The number of nitrogens with two attached hydrogens (primary N) is 1. The molecule has 2 heterocycles. The Morgan fingerprint density at radius 2 is 2.11 bits per heavy atom. The zero-order valence-electron chi connectivity index (χ0n) is 10.4. The molecule has 0 spiro atoms. The molecule has 0 radical (unpaired) electrons. The van der Waals surface area contributed by atoms with E-state index in [0.717, 1.165) is 40.9 Å². The van der Waals surface area contributed by atoms with Crippen molar-refractivity contribution in [2.24, 2.45) is 0 Å². The number of aromatic nitrogens is 2. The van der Waals surface area contributed by atoms with Crippen LogP contribution in [0.3, 0.4) is 0 Å². The van der Waals surface area contributed by atoms with E-state index < -0.39 is 10.8 Å². The molecule has 2 N–H and O–H groups in total. The average molecular weight is 263 g/mol. The SMILES string of the molecule is Cc1cccc2c1nc(N)n2C1CCS(=O)CC1. The van der Waals surface area contributed by atoms with Crippen LogP contribution in [0.15, 0.2) is 18.2 Å². The van der Waals surface area contributed by atoms with Crippen LogP contribution in [0.4, 0.5) is 5.95 Å². The Morgan fingerprint density at radius 3 is 2.83 bits per heavy atom. The van der Waals surface area contributed by atoms with Gasteiger partial charge in [0, 0.05) is 28.3 Å². The fourth-order valence-electron chi connectivity index (χ4n) is 2.70. The third-order valence-electron chi connectivity index (χ3n) is 3.67. The minimum atomic E-state index is -0.642. The van der Waals surface area contributed by atoms with Crippen molar-refractivity contribution in [1.29, 1.82) is 0 Å². The minimum absolute atomic E-state index is 0.342. The van der Waals surface area contributed by atoms with Gasteiger partial charge in [-0.1, -0.05) is 12.1 Å². The molecule has 1 aliphatic heterocycles. The Balaban J connectivity index is 2.08. The number of aryl methyl sites for hydroxylation is 1. The first-order valence-electron chi connectivity index (χ1n) is 6.25. The van der Waals surface area contributed by atoms with Gasteiger partial charge in [-0.2, -0.15) is 0 Å². The van der Waals surface area contributed by atoms with E-state index in [1.165, 1.54) is 0 Å². The van der Waals surface area contributed by atoms with Crippen LogP contribution in [0, 0.1) is 6.92 Å². The van der Waals surface area contributed by atoms with Gasteiger partial charge in [0.2, 0.25) is 5.95 Å². The number of nitrogens with zero attached hydrogens (tertiary/aromatic N) is 2. The van der Waals surface area contributed by atoms with E-state index >= 15 is 0 Å². The molecule has 1 fully saturated rings. The van der Waals surface area contributed by atoms with Gasteiger partial charge in [0.05, 0.1) is 11.0 Å². The molecule has 0 bridgehead atoms. The van der Waals surface area contributed by atoms with Crippen molar-refractivity contribution in [3.8, 4) is 0 Å². The van der Waals surface area contributed by atoms with E-state index in [2.05, 4.69) is 28.6 Å². The van der Waals surface area contributed by atoms with Crippen molar-refractivity contribution in [3.63, 3.8) is 0 Å². The number of rotatable bonds is 1. The van der Waals surface area contributed by atoms with Gasteiger partial charge in [0.25, 0.3) is 0 Å². The van der Waals surface area contributed by atoms with E-state index in [0.29, 0.717) is 12.0 Å². The van der Waals surface area contributed by atoms with Crippen molar-refractivity contribution in [2.45, 2.75) is 25.8 Å². The van der Waals surface area contributed by atoms with Crippen LogP contribution in [0.2, 0.25) is 0 Å². The zero-order chi connectivity index (χ0) is 12.7. The highest BCUT2D eigenvalue weighted by molar-refractivity contribution is 7.85. The zero-order valence-corrected chi connectivity index (χ0v) is 11.2. The highest BCUT2D eigenvalue weighted by Crippen LogP contribution is 2.30. The van der Waals surface area contributed by atoms with Crippen LogP contribution in [0.5, 0.6) is 0 Å². The maximum Gasteiger partial charge on any atom is 0.201 e. The molecular weight excluding hydrogens is 246 g/mol. The number of fused-ring (bicyclic) bond motifs is 1. The second kappa shape index (κ2) is 4.39. The average Bonchev–Trinajstić information content (AvgIpc) is 2.69. The maximum atomic E-state index is 11.4. The standard InChI is InChI=1S/C13H17N3OS/c1-9-3-2-4-11-12(9)15-13(14)16(11)10-5-7-18(17)8-6-10/h2-4,10H,5-8H2,1H3,(H2,14,15). The second-order valence-corrected chi connectivity index (χ2v) is 6.56. The van der Waals surface area contributed by atoms with Crippen LogP contribution < -0.4 is 5.73 Å². The lowest BCUT2D eigenvalue weighted by molar-refractivity contribution is 0.478. The lowest BCUT2D eigenvalue weighted by Gasteiger charge is -2.24. The number of anilines is 1. The van der Waals surface area contributed by atoms with Gasteiger partial charge < -0.3 is 10.3 Å². The molecule has 4 nitrogen and oxygen atoms in total. The summed E-state index contributed by atoms with van der Waals surface area (Å²) in [4.78, 5) is 4.47. The quantitative estimate of drug-likeness (QED) is 0.856. The second-order valence-electron chi connectivity index (χ2n) is 4.86. The Kier molecular flexibility index (Phi) is 2.86. The molecule has 2 aromatic rings. The molecule has 18 heavy (non-hydrogen) atoms. The fraction of sp³-hybridized carbons (Fsp3) is 0.462. The summed E-state index contributed by atoms with van der Waals surface area (Å²) in [5.41, 5.74) is 9.30. The molecule has 1 aromatic carbocycles. The summed E-state index contributed by atoms with van der Waals surface area (Å²) in [5.74, 6) is 2.13. The summed E-state index contributed by atoms with van der Waals surface area (Å²) in [6.07, 6.45) is 1.85. The molecule has 0 aliphatic carbocycles. The van der Waals surface area contributed by atoms with E-state index in [1.807, 2.05) is 6.07 Å². The molecule has 0 unspecified atom stereocenters. The van der Waals surface area contributed by atoms with Gasteiger partial charge in [-0.15, -0.1) is 0 Å². The van der Waals surface area contributed by atoms with Crippen LogP contribution in [-0.4, -0.2) is 25.3 Å². The molecule has 5 heteroatoms. The van der Waals surface area contributed by atoms with Crippen molar-refractivity contribution < 1.29 is 4.21 Å². The number of imidazole rings is 1. The molecule has 96 valence electrons. The molecule has 1 aliphatic rings. The normalized spacial score (nSPS) is 24.5. The van der Waals surface area contributed by atoms with Crippen LogP contribution >= 0.6 is 0 Å². The first-order chi connectivity index (χ1) is 8.66. The molecule has 0 amide bonds. The monoisotopic (exact) mass is 263 g/mol. The van der Waals surface area contributed by atoms with Gasteiger partial charge in [0.1, 0.15) is 0 Å². The van der Waals surface area contributed by atoms with Crippen molar-refractivity contribution in [1.82, 2.24) is 9.55 Å². The summed E-state index contributed by atoms with van der Waals surface area (Å²) in [6, 6.07) is 6.50. The van der Waals surface area contributed by atoms with Gasteiger partial charge >= 0.3 is 0 Å². The molecule has 0 saturated carbocycles. The van der Waals surface area contributed by atoms with E-state index in [-0.39, 0.29) is 0 Å². The summed E-state index contributed by atoms with van der Waals surface area (Å²) >= 11 is 0. The number of hydrogen-bond donors (Lipinski definition) is 1. The number of hydrogen-bond acceptors (Lipinski definition) is 3.